The molecule has 1 unspecified atom stereocenters. The monoisotopic (exact) mass is 159 g/mol. The molecular weight excluding hydrogens is 150 g/mol. The number of nitrogens with one attached hydrogen (secondary N) is 1. The van der Waals surface area contributed by atoms with E-state index in [2.05, 4.69) is 17.6 Å². The van der Waals surface area contributed by atoms with Crippen molar-refractivity contribution in [3.8, 4) is 0 Å². The highest BCUT2D eigenvalue weighted by molar-refractivity contribution is 8.12. The molecule has 0 radical (unpaired) electrons. The van der Waals surface area contributed by atoms with E-state index in [1.165, 1.54) is 11.4 Å². The van der Waals surface area contributed by atoms with Gasteiger partial charge in [-0.3, -0.25) is 0 Å². The molecule has 0 aromatic carbocycles. The minimum absolute atomic E-state index is 0.723. The SMILES string of the molecule is CC1C[C@@H](NC2=CS2)S1. The molecule has 1 N–H and O–H groups in total. The second-order valence-corrected chi connectivity index (χ2v) is 4.97. The average molecular weight is 159 g/mol. The maximum atomic E-state index is 3.41. The molecule has 2 rings (SSSR count). The zero-order valence-electron chi connectivity index (χ0n) is 5.26. The van der Waals surface area contributed by atoms with Gasteiger partial charge in [-0.2, -0.15) is 0 Å². The van der Waals surface area contributed by atoms with Crippen molar-refractivity contribution in [3.63, 3.8) is 0 Å². The molecule has 2 atom stereocenters. The smallest absolute Gasteiger partial charge is 0.0801 e. The lowest BCUT2D eigenvalue weighted by molar-refractivity contribution is 0.644. The molecule has 9 heavy (non-hydrogen) atoms. The topological polar surface area (TPSA) is 12.0 Å². The molecule has 0 aromatic heterocycles. The van der Waals surface area contributed by atoms with Crippen LogP contribution in [0.15, 0.2) is 10.4 Å². The molecule has 0 aromatic rings. The maximum absolute atomic E-state index is 3.41. The van der Waals surface area contributed by atoms with E-state index in [1.54, 1.807) is 0 Å². The van der Waals surface area contributed by atoms with Crippen LogP contribution in [0.5, 0.6) is 0 Å². The summed E-state index contributed by atoms with van der Waals surface area (Å²) >= 11 is 3.85. The first-order valence-corrected chi connectivity index (χ1v) is 4.95. The minimum atomic E-state index is 0.723. The summed E-state index contributed by atoms with van der Waals surface area (Å²) in [5.74, 6) is 0. The summed E-state index contributed by atoms with van der Waals surface area (Å²) in [5.41, 5.74) is 0. The highest BCUT2D eigenvalue weighted by atomic mass is 32.2. The van der Waals surface area contributed by atoms with Crippen LogP contribution in [0.1, 0.15) is 13.3 Å². The Bertz CT molecular complexity index is 149. The quantitative estimate of drug-likeness (QED) is 0.661. The molecule has 2 aliphatic rings. The molecule has 2 aliphatic heterocycles. The van der Waals surface area contributed by atoms with Gasteiger partial charge in [-0.25, -0.2) is 0 Å². The van der Waals surface area contributed by atoms with Crippen molar-refractivity contribution in [1.29, 1.82) is 0 Å². The second kappa shape index (κ2) is 2.13. The van der Waals surface area contributed by atoms with Gasteiger partial charge in [0.1, 0.15) is 0 Å². The number of hydrogen-bond acceptors (Lipinski definition) is 3. The van der Waals surface area contributed by atoms with Crippen LogP contribution in [-0.4, -0.2) is 10.6 Å². The van der Waals surface area contributed by atoms with Gasteiger partial charge in [0, 0.05) is 10.7 Å². The first kappa shape index (κ1) is 5.98. The molecule has 1 fully saturated rings. The molecule has 2 heterocycles. The van der Waals surface area contributed by atoms with Gasteiger partial charge >= 0.3 is 0 Å². The van der Waals surface area contributed by atoms with Crippen LogP contribution in [0.25, 0.3) is 0 Å². The largest absolute Gasteiger partial charge is 0.367 e. The Morgan fingerprint density at radius 2 is 2.44 bits per heavy atom. The fraction of sp³-hybridized carbons (Fsp3) is 0.667. The molecule has 1 saturated heterocycles. The van der Waals surface area contributed by atoms with Crippen LogP contribution in [0.2, 0.25) is 0 Å². The summed E-state index contributed by atoms with van der Waals surface area (Å²) < 4.78 is 0. The summed E-state index contributed by atoms with van der Waals surface area (Å²) in [6.45, 7) is 2.28. The molecule has 0 spiro atoms. The van der Waals surface area contributed by atoms with Gasteiger partial charge in [0.05, 0.1) is 10.4 Å². The van der Waals surface area contributed by atoms with E-state index in [-0.39, 0.29) is 0 Å². The number of hydrogen-bond donors (Lipinski definition) is 1. The molecule has 0 saturated carbocycles. The average Bonchev–Trinajstić information content (AvgIpc) is 2.45. The van der Waals surface area contributed by atoms with Crippen LogP contribution in [0.4, 0.5) is 0 Å². The van der Waals surface area contributed by atoms with Gasteiger partial charge in [-0.05, 0) is 6.42 Å². The van der Waals surface area contributed by atoms with Gasteiger partial charge < -0.3 is 5.32 Å². The van der Waals surface area contributed by atoms with E-state index in [9.17, 15) is 0 Å². The number of rotatable bonds is 2. The van der Waals surface area contributed by atoms with Crippen molar-refractivity contribution >= 4 is 23.5 Å². The molecule has 0 bridgehead atoms. The second-order valence-electron chi connectivity index (χ2n) is 2.42. The van der Waals surface area contributed by atoms with E-state index >= 15 is 0 Å². The third-order valence-electron chi connectivity index (χ3n) is 1.48. The lowest BCUT2D eigenvalue weighted by Crippen LogP contribution is -2.34. The van der Waals surface area contributed by atoms with Crippen LogP contribution in [0.3, 0.4) is 0 Å². The highest BCUT2D eigenvalue weighted by Gasteiger charge is 2.27. The van der Waals surface area contributed by atoms with Crippen molar-refractivity contribution in [2.75, 3.05) is 0 Å². The van der Waals surface area contributed by atoms with Crippen molar-refractivity contribution in [1.82, 2.24) is 5.32 Å². The van der Waals surface area contributed by atoms with Gasteiger partial charge in [-0.1, -0.05) is 18.7 Å². The fourth-order valence-corrected chi connectivity index (χ4v) is 2.43. The Hall–Kier alpha value is 0.240. The van der Waals surface area contributed by atoms with Crippen LogP contribution in [-0.2, 0) is 0 Å². The Kier molecular flexibility index (Phi) is 1.42. The summed E-state index contributed by atoms with van der Waals surface area (Å²) in [6, 6.07) is 0. The molecule has 3 heteroatoms. The van der Waals surface area contributed by atoms with Crippen molar-refractivity contribution in [2.24, 2.45) is 0 Å². The standard InChI is InChI=1S/C6H9NS2/c1-4-2-5(9-4)7-6-3-8-6/h3-5,7H,2H2,1H3/t4?,5-/m0/s1. The van der Waals surface area contributed by atoms with Crippen LogP contribution in [0, 0.1) is 0 Å². The molecule has 0 amide bonds. The summed E-state index contributed by atoms with van der Waals surface area (Å²) in [5, 5.41) is 8.54. The Balaban J connectivity index is 1.70. The van der Waals surface area contributed by atoms with E-state index in [1.807, 2.05) is 23.5 Å². The molecular formula is C6H9NS2. The van der Waals surface area contributed by atoms with E-state index in [0.29, 0.717) is 0 Å². The highest BCUT2D eigenvalue weighted by Crippen LogP contribution is 2.39. The maximum Gasteiger partial charge on any atom is 0.0801 e. The predicted octanol–water partition coefficient (Wildman–Crippen LogP) is 1.97. The molecule has 1 nitrogen and oxygen atoms in total. The van der Waals surface area contributed by atoms with Gasteiger partial charge in [-0.15, -0.1) is 11.8 Å². The minimum Gasteiger partial charge on any atom is -0.367 e. The normalized spacial score (nSPS) is 39.0. The third-order valence-corrected chi connectivity index (χ3v) is 3.37. The van der Waals surface area contributed by atoms with Gasteiger partial charge in [0.25, 0.3) is 0 Å². The Labute approximate surface area is 63.7 Å². The Morgan fingerprint density at radius 1 is 1.78 bits per heavy atom. The van der Waals surface area contributed by atoms with Gasteiger partial charge in [0.2, 0.25) is 0 Å². The van der Waals surface area contributed by atoms with Crippen molar-refractivity contribution in [2.45, 2.75) is 24.0 Å². The summed E-state index contributed by atoms with van der Waals surface area (Å²) in [4.78, 5) is 0. The lowest BCUT2D eigenvalue weighted by Gasteiger charge is -2.32. The third kappa shape index (κ3) is 1.38. The first-order valence-electron chi connectivity index (χ1n) is 3.13. The zero-order valence-corrected chi connectivity index (χ0v) is 6.89. The van der Waals surface area contributed by atoms with Crippen molar-refractivity contribution < 1.29 is 0 Å². The van der Waals surface area contributed by atoms with E-state index < -0.39 is 0 Å². The van der Waals surface area contributed by atoms with Crippen LogP contribution < -0.4 is 5.32 Å². The number of thioether (sulfide) groups is 2. The van der Waals surface area contributed by atoms with E-state index in [4.69, 9.17) is 0 Å². The predicted molar refractivity (Wildman–Crippen MR) is 44.3 cm³/mol. The molecule has 0 aliphatic carbocycles. The zero-order chi connectivity index (χ0) is 6.27. The lowest BCUT2D eigenvalue weighted by atomic mass is 10.3. The summed E-state index contributed by atoms with van der Waals surface area (Å²) in [7, 11) is 0. The molecule has 50 valence electrons. The fourth-order valence-electron chi connectivity index (χ4n) is 0.920. The van der Waals surface area contributed by atoms with Crippen LogP contribution >= 0.6 is 23.5 Å². The van der Waals surface area contributed by atoms with E-state index in [0.717, 1.165) is 10.6 Å². The van der Waals surface area contributed by atoms with Crippen molar-refractivity contribution in [3.05, 3.63) is 10.4 Å². The first-order chi connectivity index (χ1) is 4.34. The van der Waals surface area contributed by atoms with Gasteiger partial charge in [0.15, 0.2) is 0 Å². The Morgan fingerprint density at radius 3 is 2.89 bits per heavy atom. The summed E-state index contributed by atoms with van der Waals surface area (Å²) in [6.07, 6.45) is 1.34.